The molecule has 0 fully saturated rings. The molecule has 1 aliphatic carbocycles. The number of phenols is 2. The van der Waals surface area contributed by atoms with Crippen molar-refractivity contribution >= 4 is 5.78 Å². The summed E-state index contributed by atoms with van der Waals surface area (Å²) in [7, 11) is 0. The Morgan fingerprint density at radius 2 is 2.05 bits per heavy atom. The fourth-order valence-electron chi connectivity index (χ4n) is 1.80. The number of hydrogen-bond donors (Lipinski definition) is 3. The second-order valence-corrected chi connectivity index (χ2v) is 4.31. The molecule has 4 nitrogen and oxygen atoms in total. The monoisotopic (exact) mass is 258 g/mol. The molecular weight excluding hydrogens is 244 g/mol. The Hall–Kier alpha value is -2.49. The van der Waals surface area contributed by atoms with Crippen molar-refractivity contribution in [3.05, 3.63) is 59.9 Å². The molecular formula is C15H14O4. The average molecular weight is 258 g/mol. The highest BCUT2D eigenvalue weighted by Gasteiger charge is 2.10. The fraction of sp³-hybridized carbons (Fsp3) is 0.133. The topological polar surface area (TPSA) is 77.8 Å². The van der Waals surface area contributed by atoms with E-state index in [1.165, 1.54) is 18.2 Å². The van der Waals surface area contributed by atoms with E-state index in [1.54, 1.807) is 24.3 Å². The fourth-order valence-corrected chi connectivity index (χ4v) is 1.80. The standard InChI is InChI=1S/C15H14O4/c16-11-4-1-10(2-5-11)3-8-14(18)13-7-6-12(17)9-15(13)19/h1,3-10,16-17,19H,2H2. The lowest BCUT2D eigenvalue weighted by Gasteiger charge is -2.08. The summed E-state index contributed by atoms with van der Waals surface area (Å²) < 4.78 is 0. The van der Waals surface area contributed by atoms with Crippen LogP contribution in [0.1, 0.15) is 16.8 Å². The van der Waals surface area contributed by atoms with E-state index in [2.05, 4.69) is 0 Å². The number of allylic oxidation sites excluding steroid dienone is 5. The van der Waals surface area contributed by atoms with Crippen LogP contribution < -0.4 is 0 Å². The normalized spacial score (nSPS) is 18.5. The maximum Gasteiger partial charge on any atom is 0.189 e. The van der Waals surface area contributed by atoms with E-state index in [4.69, 9.17) is 5.11 Å². The van der Waals surface area contributed by atoms with Crippen molar-refractivity contribution in [3.63, 3.8) is 0 Å². The molecule has 0 saturated carbocycles. The SMILES string of the molecule is O=C(C=CC1C=CC(O)=CC1)c1ccc(O)cc1O. The molecule has 19 heavy (non-hydrogen) atoms. The van der Waals surface area contributed by atoms with Gasteiger partial charge in [0.15, 0.2) is 5.78 Å². The predicted molar refractivity (Wildman–Crippen MR) is 71.2 cm³/mol. The number of aliphatic hydroxyl groups is 1. The zero-order valence-electron chi connectivity index (χ0n) is 10.2. The Morgan fingerprint density at radius 3 is 2.68 bits per heavy atom. The number of rotatable bonds is 3. The van der Waals surface area contributed by atoms with Gasteiger partial charge in [-0.3, -0.25) is 4.79 Å². The van der Waals surface area contributed by atoms with Crippen molar-refractivity contribution < 1.29 is 20.1 Å². The maximum atomic E-state index is 11.9. The van der Waals surface area contributed by atoms with Crippen LogP contribution in [-0.2, 0) is 0 Å². The van der Waals surface area contributed by atoms with E-state index in [0.29, 0.717) is 6.42 Å². The number of ketones is 1. The van der Waals surface area contributed by atoms with Crippen LogP contribution in [-0.4, -0.2) is 21.1 Å². The maximum absolute atomic E-state index is 11.9. The third kappa shape index (κ3) is 3.25. The van der Waals surface area contributed by atoms with Crippen molar-refractivity contribution in [1.29, 1.82) is 0 Å². The molecule has 0 spiro atoms. The molecule has 1 aromatic rings. The van der Waals surface area contributed by atoms with Gasteiger partial charge in [-0.2, -0.15) is 0 Å². The molecule has 1 aromatic carbocycles. The first-order valence-electron chi connectivity index (χ1n) is 5.88. The lowest BCUT2D eigenvalue weighted by molar-refractivity contribution is 0.104. The average Bonchev–Trinajstić information content (AvgIpc) is 2.37. The lowest BCUT2D eigenvalue weighted by Crippen LogP contribution is -1.99. The molecule has 2 rings (SSSR count). The lowest BCUT2D eigenvalue weighted by atomic mass is 9.98. The van der Waals surface area contributed by atoms with E-state index in [1.807, 2.05) is 0 Å². The minimum Gasteiger partial charge on any atom is -0.508 e. The first kappa shape index (κ1) is 13.0. The van der Waals surface area contributed by atoms with E-state index in [0.717, 1.165) is 6.07 Å². The third-order valence-electron chi connectivity index (χ3n) is 2.85. The van der Waals surface area contributed by atoms with Gasteiger partial charge in [0.25, 0.3) is 0 Å². The smallest absolute Gasteiger partial charge is 0.189 e. The highest BCUT2D eigenvalue weighted by molar-refractivity contribution is 6.06. The Balaban J connectivity index is 2.07. The summed E-state index contributed by atoms with van der Waals surface area (Å²) in [5.41, 5.74) is 0.146. The van der Waals surface area contributed by atoms with Gasteiger partial charge in [0.05, 0.1) is 5.56 Å². The van der Waals surface area contributed by atoms with Crippen LogP contribution in [0.3, 0.4) is 0 Å². The summed E-state index contributed by atoms with van der Waals surface area (Å²) in [4.78, 5) is 11.9. The summed E-state index contributed by atoms with van der Waals surface area (Å²) >= 11 is 0. The molecule has 0 saturated heterocycles. The first-order valence-corrected chi connectivity index (χ1v) is 5.88. The summed E-state index contributed by atoms with van der Waals surface area (Å²) in [6, 6.07) is 3.85. The second kappa shape index (κ2) is 5.44. The molecule has 0 heterocycles. The van der Waals surface area contributed by atoms with Crippen molar-refractivity contribution in [1.82, 2.24) is 0 Å². The number of carbonyl (C=O) groups is 1. The quantitative estimate of drug-likeness (QED) is 0.575. The molecule has 98 valence electrons. The number of carbonyl (C=O) groups excluding carboxylic acids is 1. The summed E-state index contributed by atoms with van der Waals surface area (Å²) in [6.07, 6.45) is 8.80. The van der Waals surface area contributed by atoms with Crippen LogP contribution in [0.5, 0.6) is 11.5 Å². The minimum absolute atomic E-state index is 0.0547. The third-order valence-corrected chi connectivity index (χ3v) is 2.85. The van der Waals surface area contributed by atoms with E-state index in [-0.39, 0.29) is 34.5 Å². The highest BCUT2D eigenvalue weighted by atomic mass is 16.3. The van der Waals surface area contributed by atoms with Gasteiger partial charge in [-0.05, 0) is 42.7 Å². The largest absolute Gasteiger partial charge is 0.508 e. The van der Waals surface area contributed by atoms with Crippen LogP contribution in [0.2, 0.25) is 0 Å². The van der Waals surface area contributed by atoms with Crippen molar-refractivity contribution in [2.75, 3.05) is 0 Å². The number of aromatic hydroxyl groups is 2. The number of hydrogen-bond acceptors (Lipinski definition) is 4. The summed E-state index contributed by atoms with van der Waals surface area (Å²) in [5.74, 6) is -0.379. The van der Waals surface area contributed by atoms with Gasteiger partial charge in [-0.15, -0.1) is 0 Å². The van der Waals surface area contributed by atoms with Gasteiger partial charge < -0.3 is 15.3 Å². The minimum atomic E-state index is -0.329. The summed E-state index contributed by atoms with van der Waals surface area (Å²) in [6.45, 7) is 0. The second-order valence-electron chi connectivity index (χ2n) is 4.31. The predicted octanol–water partition coefficient (Wildman–Crippen LogP) is 2.85. The Kier molecular flexibility index (Phi) is 3.71. The molecule has 0 bridgehead atoms. The van der Waals surface area contributed by atoms with Gasteiger partial charge in [0.1, 0.15) is 17.3 Å². The van der Waals surface area contributed by atoms with Gasteiger partial charge in [0.2, 0.25) is 0 Å². The Morgan fingerprint density at radius 1 is 1.26 bits per heavy atom. The van der Waals surface area contributed by atoms with Crippen molar-refractivity contribution in [3.8, 4) is 11.5 Å². The highest BCUT2D eigenvalue weighted by Crippen LogP contribution is 2.23. The van der Waals surface area contributed by atoms with Crippen LogP contribution in [0.4, 0.5) is 0 Å². The molecule has 3 N–H and O–H groups in total. The van der Waals surface area contributed by atoms with Crippen molar-refractivity contribution in [2.45, 2.75) is 6.42 Å². The Labute approximate surface area is 110 Å². The van der Waals surface area contributed by atoms with Gasteiger partial charge in [0, 0.05) is 6.07 Å². The van der Waals surface area contributed by atoms with Gasteiger partial charge in [-0.25, -0.2) is 0 Å². The number of benzene rings is 1. The summed E-state index contributed by atoms with van der Waals surface area (Å²) in [5, 5.41) is 27.9. The number of aliphatic hydroxyl groups excluding tert-OH is 1. The van der Waals surface area contributed by atoms with Crippen LogP contribution >= 0.6 is 0 Å². The molecule has 0 amide bonds. The molecule has 0 aromatic heterocycles. The van der Waals surface area contributed by atoms with Crippen LogP contribution in [0, 0.1) is 5.92 Å². The molecule has 0 radical (unpaired) electrons. The zero-order chi connectivity index (χ0) is 13.8. The molecule has 0 aliphatic heterocycles. The van der Waals surface area contributed by atoms with Crippen molar-refractivity contribution in [2.24, 2.45) is 5.92 Å². The van der Waals surface area contributed by atoms with Gasteiger partial charge >= 0.3 is 0 Å². The van der Waals surface area contributed by atoms with E-state index >= 15 is 0 Å². The zero-order valence-corrected chi connectivity index (χ0v) is 10.2. The van der Waals surface area contributed by atoms with E-state index in [9.17, 15) is 15.0 Å². The van der Waals surface area contributed by atoms with Crippen LogP contribution in [0.25, 0.3) is 0 Å². The van der Waals surface area contributed by atoms with Crippen LogP contribution in [0.15, 0.2) is 54.3 Å². The number of phenolic OH excluding ortho intramolecular Hbond substituents is 2. The molecule has 1 atom stereocenters. The Bertz CT molecular complexity index is 582. The molecule has 1 unspecified atom stereocenters. The molecule has 4 heteroatoms. The first-order chi connectivity index (χ1) is 9.06. The van der Waals surface area contributed by atoms with Gasteiger partial charge in [-0.1, -0.05) is 12.2 Å². The van der Waals surface area contributed by atoms with E-state index < -0.39 is 0 Å². The molecule has 1 aliphatic rings.